The molecule has 0 aliphatic heterocycles. The molecule has 0 aliphatic rings. The maximum atomic E-state index is 11.2. The molecule has 0 aromatic rings. The maximum Gasteiger partial charge on any atom is 1.00 e. The first-order valence-corrected chi connectivity index (χ1v) is 11.0. The Bertz CT molecular complexity index is 360. The van der Waals surface area contributed by atoms with E-state index in [1.807, 2.05) is 6.92 Å². The first-order valence-electron chi connectivity index (χ1n) is 9.54. The zero-order valence-corrected chi connectivity index (χ0v) is 19.0. The summed E-state index contributed by atoms with van der Waals surface area (Å²) in [6, 6.07) is 0. The molecule has 4 nitrogen and oxygen atoms in total. The molecule has 2 unspecified atom stereocenters. The normalized spacial score (nSPS) is 14.2. The van der Waals surface area contributed by atoms with E-state index in [1.165, 1.54) is 6.42 Å². The van der Waals surface area contributed by atoms with Crippen LogP contribution in [0.5, 0.6) is 0 Å². The van der Waals surface area contributed by atoms with Gasteiger partial charge in [-0.05, 0) is 25.7 Å². The Morgan fingerprint density at radius 2 is 1.21 bits per heavy atom. The molecule has 2 atom stereocenters. The van der Waals surface area contributed by atoms with Crippen molar-refractivity contribution in [3.8, 4) is 0 Å². The smallest absolute Gasteiger partial charge is 0.748 e. The van der Waals surface area contributed by atoms with Crippen LogP contribution in [0.4, 0.5) is 0 Å². The average molecular weight is 373 g/mol. The number of aliphatic hydroxyl groups is 1. The molecule has 0 aromatic heterocycles. The first kappa shape index (κ1) is 27.1. The van der Waals surface area contributed by atoms with Crippen LogP contribution in [-0.2, 0) is 10.1 Å². The second-order valence-electron chi connectivity index (χ2n) is 6.75. The summed E-state index contributed by atoms with van der Waals surface area (Å²) in [6.07, 6.45) is 13.1. The quantitative estimate of drug-likeness (QED) is 0.254. The van der Waals surface area contributed by atoms with Crippen molar-refractivity contribution in [2.75, 3.05) is 0 Å². The van der Waals surface area contributed by atoms with E-state index < -0.39 is 15.4 Å². The van der Waals surface area contributed by atoms with Crippen molar-refractivity contribution in [1.29, 1.82) is 0 Å². The van der Waals surface area contributed by atoms with Crippen molar-refractivity contribution in [3.63, 3.8) is 0 Å². The number of hydrogen-bond donors (Lipinski definition) is 1. The van der Waals surface area contributed by atoms with Crippen LogP contribution in [-0.4, -0.2) is 29.4 Å². The van der Waals surface area contributed by atoms with Gasteiger partial charge in [0, 0.05) is 5.25 Å². The van der Waals surface area contributed by atoms with E-state index in [0.717, 1.165) is 70.6 Å². The van der Waals surface area contributed by atoms with Crippen LogP contribution in [0.25, 0.3) is 0 Å². The molecular weight excluding hydrogens is 335 g/mol. The van der Waals surface area contributed by atoms with Gasteiger partial charge in [-0.2, -0.15) is 0 Å². The molecule has 6 heteroatoms. The molecule has 0 radical (unpaired) electrons. The van der Waals surface area contributed by atoms with Gasteiger partial charge in [0.15, 0.2) is 0 Å². The number of aliphatic hydroxyl groups excluding tert-OH is 1. The zero-order chi connectivity index (χ0) is 17.6. The van der Waals surface area contributed by atoms with Crippen LogP contribution in [0.1, 0.15) is 104 Å². The molecule has 0 fully saturated rings. The average Bonchev–Trinajstić information content (AvgIpc) is 2.47. The van der Waals surface area contributed by atoms with Crippen molar-refractivity contribution < 1.29 is 47.6 Å². The van der Waals surface area contributed by atoms with Gasteiger partial charge in [-0.25, -0.2) is 8.42 Å². The fourth-order valence-electron chi connectivity index (χ4n) is 2.98. The summed E-state index contributed by atoms with van der Waals surface area (Å²) < 4.78 is 33.6. The Balaban J connectivity index is 0. The minimum atomic E-state index is -4.13. The van der Waals surface area contributed by atoms with Crippen LogP contribution in [0.15, 0.2) is 0 Å². The van der Waals surface area contributed by atoms with Gasteiger partial charge in [-0.1, -0.05) is 78.1 Å². The van der Waals surface area contributed by atoms with Crippen molar-refractivity contribution in [3.05, 3.63) is 0 Å². The van der Waals surface area contributed by atoms with Crippen LogP contribution >= 0.6 is 0 Å². The Hall–Kier alpha value is 0.870. The molecular formula is C18H37NaO4S. The van der Waals surface area contributed by atoms with Gasteiger partial charge in [0.1, 0.15) is 0 Å². The largest absolute Gasteiger partial charge is 1.00 e. The van der Waals surface area contributed by atoms with Gasteiger partial charge in [-0.15, -0.1) is 0 Å². The molecule has 0 bridgehead atoms. The van der Waals surface area contributed by atoms with E-state index in [0.29, 0.717) is 12.8 Å². The van der Waals surface area contributed by atoms with Gasteiger partial charge in [-0.3, -0.25) is 0 Å². The maximum absolute atomic E-state index is 11.2. The third-order valence-electron chi connectivity index (χ3n) is 4.47. The molecule has 1 N–H and O–H groups in total. The summed E-state index contributed by atoms with van der Waals surface area (Å²) in [5, 5.41) is 8.95. The molecule has 0 aliphatic carbocycles. The summed E-state index contributed by atoms with van der Waals surface area (Å²) in [4.78, 5) is 0. The van der Waals surface area contributed by atoms with Crippen LogP contribution in [0.2, 0.25) is 0 Å². The molecule has 0 aromatic carbocycles. The molecule has 0 saturated carbocycles. The van der Waals surface area contributed by atoms with Gasteiger partial charge in [0.05, 0.1) is 16.2 Å². The summed E-state index contributed by atoms with van der Waals surface area (Å²) >= 11 is 0. The molecule has 0 heterocycles. The number of unbranched alkanes of at least 4 members (excludes halogenated alkanes) is 7. The minimum Gasteiger partial charge on any atom is -0.748 e. The van der Waals surface area contributed by atoms with E-state index in [1.54, 1.807) is 0 Å². The molecule has 0 amide bonds. The fourth-order valence-corrected chi connectivity index (χ4v) is 3.89. The van der Waals surface area contributed by atoms with Gasteiger partial charge >= 0.3 is 29.6 Å². The predicted molar refractivity (Wildman–Crippen MR) is 95.5 cm³/mol. The first-order chi connectivity index (χ1) is 10.9. The SMILES string of the molecule is CCCCC(CCCCCCCCCC(O)CCC)S(=O)(=O)[O-].[Na+]. The molecule has 140 valence electrons. The monoisotopic (exact) mass is 372 g/mol. The van der Waals surface area contributed by atoms with E-state index in [-0.39, 0.29) is 35.7 Å². The van der Waals surface area contributed by atoms with Crippen molar-refractivity contribution in [1.82, 2.24) is 0 Å². The topological polar surface area (TPSA) is 77.4 Å². The van der Waals surface area contributed by atoms with Gasteiger partial charge in [0.25, 0.3) is 0 Å². The van der Waals surface area contributed by atoms with Gasteiger partial charge < -0.3 is 9.66 Å². The van der Waals surface area contributed by atoms with E-state index >= 15 is 0 Å². The third kappa shape index (κ3) is 16.3. The van der Waals surface area contributed by atoms with Crippen LogP contribution in [0.3, 0.4) is 0 Å². The van der Waals surface area contributed by atoms with E-state index in [4.69, 9.17) is 0 Å². The minimum absolute atomic E-state index is 0. The summed E-state index contributed by atoms with van der Waals surface area (Å²) in [5.41, 5.74) is 0. The van der Waals surface area contributed by atoms with Crippen molar-refractivity contribution in [2.45, 2.75) is 115 Å². The summed E-state index contributed by atoms with van der Waals surface area (Å²) in [6.45, 7) is 4.10. The summed E-state index contributed by atoms with van der Waals surface area (Å²) in [5.74, 6) is 0. The zero-order valence-electron chi connectivity index (χ0n) is 16.1. The van der Waals surface area contributed by atoms with Crippen LogP contribution in [0, 0.1) is 0 Å². The van der Waals surface area contributed by atoms with Gasteiger partial charge in [0.2, 0.25) is 0 Å². The summed E-state index contributed by atoms with van der Waals surface area (Å²) in [7, 11) is -4.13. The van der Waals surface area contributed by atoms with Crippen molar-refractivity contribution in [2.24, 2.45) is 0 Å². The number of hydrogen-bond acceptors (Lipinski definition) is 4. The Kier molecular flexibility index (Phi) is 19.5. The Morgan fingerprint density at radius 1 is 0.750 bits per heavy atom. The standard InChI is InChI=1S/C18H38O4S.Na/c1-3-5-15-18(23(20,21)22)16-12-10-8-6-7-9-11-14-17(19)13-4-2;/h17-19H,3-16H2,1-2H3,(H,20,21,22);/q;+1/p-1. The second kappa shape index (κ2) is 17.3. The molecule has 0 spiro atoms. The van der Waals surface area contributed by atoms with Crippen LogP contribution < -0.4 is 29.6 Å². The predicted octanol–water partition coefficient (Wildman–Crippen LogP) is 1.77. The van der Waals surface area contributed by atoms with E-state index in [9.17, 15) is 18.1 Å². The number of rotatable bonds is 16. The molecule has 24 heavy (non-hydrogen) atoms. The Morgan fingerprint density at radius 3 is 1.67 bits per heavy atom. The second-order valence-corrected chi connectivity index (χ2v) is 8.40. The Labute approximate surface area is 172 Å². The molecule has 0 saturated heterocycles. The molecule has 0 rings (SSSR count). The van der Waals surface area contributed by atoms with Crippen molar-refractivity contribution >= 4 is 10.1 Å². The third-order valence-corrected chi connectivity index (χ3v) is 5.76. The van der Waals surface area contributed by atoms with E-state index in [2.05, 4.69) is 6.92 Å². The fraction of sp³-hybridized carbons (Fsp3) is 1.00.